The minimum absolute atomic E-state index is 0.0714. The van der Waals surface area contributed by atoms with Gasteiger partial charge in [0, 0.05) is 36.9 Å². The van der Waals surface area contributed by atoms with E-state index in [0.29, 0.717) is 24.4 Å². The molecule has 1 aliphatic carbocycles. The zero-order valence-corrected chi connectivity index (χ0v) is 11.8. The summed E-state index contributed by atoms with van der Waals surface area (Å²) in [4.78, 5) is 2.35. The van der Waals surface area contributed by atoms with E-state index >= 15 is 0 Å². The van der Waals surface area contributed by atoms with E-state index in [1.165, 1.54) is 12.8 Å². The molecule has 2 fully saturated rings. The minimum Gasteiger partial charge on any atom is -0.371 e. The van der Waals surface area contributed by atoms with Crippen molar-refractivity contribution in [1.82, 2.24) is 5.32 Å². The van der Waals surface area contributed by atoms with Gasteiger partial charge in [0.05, 0.1) is 0 Å². The number of anilines is 1. The van der Waals surface area contributed by atoms with Gasteiger partial charge in [0.25, 0.3) is 0 Å². The van der Waals surface area contributed by atoms with E-state index in [1.807, 2.05) is 6.07 Å². The first-order valence-corrected chi connectivity index (χ1v) is 7.41. The molecule has 0 aromatic heterocycles. The third-order valence-corrected chi connectivity index (χ3v) is 4.57. The molecule has 1 N–H and O–H groups in total. The smallest absolute Gasteiger partial charge is 0.129 e. The third kappa shape index (κ3) is 2.76. The van der Waals surface area contributed by atoms with Crippen LogP contribution in [0.3, 0.4) is 0 Å². The Kier molecular flexibility index (Phi) is 3.48. The Morgan fingerprint density at radius 3 is 2.53 bits per heavy atom. The number of nitrogens with zero attached hydrogens (tertiary/aromatic N) is 1. The second-order valence-corrected chi connectivity index (χ2v) is 6.25. The molecule has 1 saturated carbocycles. The van der Waals surface area contributed by atoms with Crippen molar-refractivity contribution in [3.8, 4) is 0 Å². The lowest BCUT2D eigenvalue weighted by Gasteiger charge is -2.22. The van der Waals surface area contributed by atoms with Crippen molar-refractivity contribution >= 4 is 5.69 Å². The number of halogens is 1. The van der Waals surface area contributed by atoms with E-state index in [0.717, 1.165) is 24.3 Å². The second kappa shape index (κ2) is 5.12. The molecule has 0 radical (unpaired) electrons. The summed E-state index contributed by atoms with van der Waals surface area (Å²) in [6.45, 7) is 7.31. The normalized spacial score (nSPS) is 27.0. The topological polar surface area (TPSA) is 15.3 Å². The van der Waals surface area contributed by atoms with Crippen molar-refractivity contribution in [3.63, 3.8) is 0 Å². The van der Waals surface area contributed by atoms with E-state index in [9.17, 15) is 4.39 Å². The molecule has 3 rings (SSSR count). The summed E-state index contributed by atoms with van der Waals surface area (Å²) < 4.78 is 14.1. The lowest BCUT2D eigenvalue weighted by Crippen LogP contribution is -2.24. The van der Waals surface area contributed by atoms with Crippen LogP contribution in [0, 0.1) is 17.7 Å². The maximum atomic E-state index is 14.1. The number of hydrogen-bond acceptors (Lipinski definition) is 2. The standard InChI is InChI=1S/C16H23FN2/c1-11-9-19(10-12(11)2)16-5-3-4-15(17)14(16)8-18-13-6-7-13/h3-5,11-13,18H,6-10H2,1-2H3. The van der Waals surface area contributed by atoms with E-state index in [4.69, 9.17) is 0 Å². The van der Waals surface area contributed by atoms with Crippen LogP contribution in [0.4, 0.5) is 10.1 Å². The molecule has 104 valence electrons. The van der Waals surface area contributed by atoms with Gasteiger partial charge < -0.3 is 10.2 Å². The van der Waals surface area contributed by atoms with Gasteiger partial charge in [-0.05, 0) is 36.8 Å². The predicted molar refractivity (Wildman–Crippen MR) is 76.8 cm³/mol. The molecule has 1 aromatic carbocycles. The molecule has 2 nitrogen and oxygen atoms in total. The fourth-order valence-electron chi connectivity index (χ4n) is 2.88. The second-order valence-electron chi connectivity index (χ2n) is 6.25. The van der Waals surface area contributed by atoms with Gasteiger partial charge in [-0.3, -0.25) is 0 Å². The lowest BCUT2D eigenvalue weighted by atomic mass is 10.0. The van der Waals surface area contributed by atoms with Crippen LogP contribution < -0.4 is 10.2 Å². The number of benzene rings is 1. The van der Waals surface area contributed by atoms with Crippen molar-refractivity contribution in [2.24, 2.45) is 11.8 Å². The Bertz CT molecular complexity index is 446. The van der Waals surface area contributed by atoms with E-state index in [1.54, 1.807) is 6.07 Å². The molecule has 0 amide bonds. The summed E-state index contributed by atoms with van der Waals surface area (Å²) in [5.41, 5.74) is 1.93. The van der Waals surface area contributed by atoms with Gasteiger partial charge in [0.15, 0.2) is 0 Å². The highest BCUT2D eigenvalue weighted by atomic mass is 19.1. The fraction of sp³-hybridized carbons (Fsp3) is 0.625. The van der Waals surface area contributed by atoms with Crippen LogP contribution in [-0.4, -0.2) is 19.1 Å². The minimum atomic E-state index is -0.0714. The third-order valence-electron chi connectivity index (χ3n) is 4.57. The van der Waals surface area contributed by atoms with Gasteiger partial charge in [0.2, 0.25) is 0 Å². The Hall–Kier alpha value is -1.09. The monoisotopic (exact) mass is 262 g/mol. The van der Waals surface area contributed by atoms with Crippen molar-refractivity contribution in [2.45, 2.75) is 39.3 Å². The van der Waals surface area contributed by atoms with Gasteiger partial charge in [-0.2, -0.15) is 0 Å². The molecule has 3 heteroatoms. The number of rotatable bonds is 4. The molecule has 1 aromatic rings. The predicted octanol–water partition coefficient (Wildman–Crippen LogP) is 3.17. The molecule has 2 aliphatic rings. The van der Waals surface area contributed by atoms with Crippen LogP contribution in [0.5, 0.6) is 0 Å². The first kappa shape index (κ1) is 12.9. The van der Waals surface area contributed by atoms with Crippen LogP contribution in [0.2, 0.25) is 0 Å². The van der Waals surface area contributed by atoms with Gasteiger partial charge >= 0.3 is 0 Å². The van der Waals surface area contributed by atoms with Gasteiger partial charge in [-0.25, -0.2) is 4.39 Å². The zero-order valence-electron chi connectivity index (χ0n) is 11.8. The SMILES string of the molecule is CC1CN(c2cccc(F)c2CNC2CC2)CC1C. The summed E-state index contributed by atoms with van der Waals surface area (Å²) in [6.07, 6.45) is 2.48. The number of hydrogen-bond donors (Lipinski definition) is 1. The summed E-state index contributed by atoms with van der Waals surface area (Å²) in [5.74, 6) is 1.30. The molecule has 0 spiro atoms. The summed E-state index contributed by atoms with van der Waals surface area (Å²) in [7, 11) is 0. The molecule has 2 atom stereocenters. The van der Waals surface area contributed by atoms with E-state index in [-0.39, 0.29) is 5.82 Å². The van der Waals surface area contributed by atoms with E-state index < -0.39 is 0 Å². The van der Waals surface area contributed by atoms with Gasteiger partial charge in [0.1, 0.15) is 5.82 Å². The fourth-order valence-corrected chi connectivity index (χ4v) is 2.88. The Labute approximate surface area is 115 Å². The van der Waals surface area contributed by atoms with Crippen LogP contribution in [0.1, 0.15) is 32.3 Å². The van der Waals surface area contributed by atoms with Gasteiger partial charge in [-0.15, -0.1) is 0 Å². The average molecular weight is 262 g/mol. The first-order valence-electron chi connectivity index (χ1n) is 7.41. The highest BCUT2D eigenvalue weighted by molar-refractivity contribution is 5.55. The van der Waals surface area contributed by atoms with E-state index in [2.05, 4.69) is 30.1 Å². The highest BCUT2D eigenvalue weighted by Gasteiger charge is 2.28. The largest absolute Gasteiger partial charge is 0.371 e. The van der Waals surface area contributed by atoms with Crippen molar-refractivity contribution in [3.05, 3.63) is 29.6 Å². The molecule has 0 bridgehead atoms. The summed E-state index contributed by atoms with van der Waals surface area (Å²) in [6, 6.07) is 6.09. The highest BCUT2D eigenvalue weighted by Crippen LogP contribution is 2.31. The quantitative estimate of drug-likeness (QED) is 0.896. The molecule has 1 aliphatic heterocycles. The molecule has 1 heterocycles. The number of nitrogens with one attached hydrogen (secondary N) is 1. The first-order chi connectivity index (χ1) is 9.15. The van der Waals surface area contributed by atoms with Crippen LogP contribution >= 0.6 is 0 Å². The van der Waals surface area contributed by atoms with Crippen LogP contribution in [0.25, 0.3) is 0 Å². The zero-order chi connectivity index (χ0) is 13.4. The maximum absolute atomic E-state index is 14.1. The van der Waals surface area contributed by atoms with Gasteiger partial charge in [-0.1, -0.05) is 19.9 Å². The lowest BCUT2D eigenvalue weighted by molar-refractivity contribution is 0.494. The molecular formula is C16H23FN2. The summed E-state index contributed by atoms with van der Waals surface area (Å²) in [5, 5.41) is 3.43. The van der Waals surface area contributed by atoms with Crippen molar-refractivity contribution < 1.29 is 4.39 Å². The van der Waals surface area contributed by atoms with Crippen LogP contribution in [0.15, 0.2) is 18.2 Å². The van der Waals surface area contributed by atoms with Crippen molar-refractivity contribution in [2.75, 3.05) is 18.0 Å². The Balaban J connectivity index is 1.80. The molecule has 2 unspecified atom stereocenters. The molecule has 19 heavy (non-hydrogen) atoms. The molecule has 1 saturated heterocycles. The maximum Gasteiger partial charge on any atom is 0.129 e. The summed E-state index contributed by atoms with van der Waals surface area (Å²) >= 11 is 0. The Morgan fingerprint density at radius 2 is 1.89 bits per heavy atom. The average Bonchev–Trinajstić information content (AvgIpc) is 3.14. The van der Waals surface area contributed by atoms with Crippen molar-refractivity contribution in [1.29, 1.82) is 0 Å². The van der Waals surface area contributed by atoms with Crippen LogP contribution in [-0.2, 0) is 6.54 Å². The molecular weight excluding hydrogens is 239 g/mol. The Morgan fingerprint density at radius 1 is 1.21 bits per heavy atom.